The molecule has 0 atom stereocenters. The molecule has 0 radical (unpaired) electrons. The lowest BCUT2D eigenvalue weighted by molar-refractivity contribution is 0.444. The number of anilines is 6. The van der Waals surface area contributed by atoms with Crippen LogP contribution >= 0.6 is 0 Å². The van der Waals surface area contributed by atoms with Gasteiger partial charge in [0.25, 0.3) is 6.71 Å². The number of hydrogen-bond donors (Lipinski definition) is 0. The third-order valence-corrected chi connectivity index (χ3v) is 12.4. The van der Waals surface area contributed by atoms with Crippen molar-refractivity contribution in [1.29, 1.82) is 0 Å². The second-order valence-corrected chi connectivity index (χ2v) is 15.6. The standard InChI is InChI=1S/C51H41BN2/c1-34-24-29-47-45(30-34)52-44-22-12-13-23-46(44)54(41-27-25-36(26-28-41)50-42-20-10-8-16-37(42)31-38-17-9-11-21-43(38)50)49-33-39(35-14-4-2-5-15-35)32-48(51(49)52)53(47)40-18-6-3-7-19-40/h3,6-13,16-33,35H,2,4-5,14-15H2,1H3. The fourth-order valence-electron chi connectivity index (χ4n) is 10.00. The van der Waals surface area contributed by atoms with Crippen LogP contribution in [0.15, 0.2) is 164 Å². The average molecular weight is 693 g/mol. The van der Waals surface area contributed by atoms with Crippen LogP contribution in [0.25, 0.3) is 32.7 Å². The van der Waals surface area contributed by atoms with Gasteiger partial charge in [0.05, 0.1) is 0 Å². The molecule has 0 N–H and O–H groups in total. The molecule has 0 aromatic heterocycles. The lowest BCUT2D eigenvalue weighted by Crippen LogP contribution is -2.61. The molecule has 2 heterocycles. The van der Waals surface area contributed by atoms with E-state index in [0.29, 0.717) is 5.92 Å². The van der Waals surface area contributed by atoms with Crippen LogP contribution in [0.1, 0.15) is 49.1 Å². The molecule has 0 saturated heterocycles. The predicted octanol–water partition coefficient (Wildman–Crippen LogP) is 12.1. The summed E-state index contributed by atoms with van der Waals surface area (Å²) in [7, 11) is 0. The molecule has 0 bridgehead atoms. The second kappa shape index (κ2) is 12.5. The largest absolute Gasteiger partial charge is 0.311 e. The molecule has 2 nitrogen and oxygen atoms in total. The maximum Gasteiger partial charge on any atom is 0.252 e. The molecule has 1 aliphatic carbocycles. The molecular formula is C51H41BN2. The van der Waals surface area contributed by atoms with E-state index in [-0.39, 0.29) is 6.71 Å². The smallest absolute Gasteiger partial charge is 0.252 e. The molecule has 0 amide bonds. The van der Waals surface area contributed by atoms with E-state index >= 15 is 0 Å². The van der Waals surface area contributed by atoms with Gasteiger partial charge >= 0.3 is 0 Å². The maximum atomic E-state index is 2.58. The molecule has 11 rings (SSSR count). The molecule has 3 aliphatic rings. The molecule has 54 heavy (non-hydrogen) atoms. The molecule has 0 spiro atoms. The van der Waals surface area contributed by atoms with E-state index in [1.54, 1.807) is 0 Å². The first kappa shape index (κ1) is 31.5. The zero-order valence-electron chi connectivity index (χ0n) is 30.7. The Bertz CT molecular complexity index is 2670. The maximum absolute atomic E-state index is 2.58. The topological polar surface area (TPSA) is 6.48 Å². The Balaban J connectivity index is 1.16. The van der Waals surface area contributed by atoms with Gasteiger partial charge in [0.15, 0.2) is 0 Å². The van der Waals surface area contributed by atoms with E-state index in [4.69, 9.17) is 0 Å². The highest BCUT2D eigenvalue weighted by atomic mass is 15.2. The van der Waals surface area contributed by atoms with Crippen LogP contribution in [0.4, 0.5) is 34.1 Å². The van der Waals surface area contributed by atoms with Crippen molar-refractivity contribution >= 4 is 78.8 Å². The summed E-state index contributed by atoms with van der Waals surface area (Å²) >= 11 is 0. The zero-order chi connectivity index (χ0) is 35.8. The molecule has 8 aromatic rings. The van der Waals surface area contributed by atoms with Crippen LogP contribution in [0.5, 0.6) is 0 Å². The predicted molar refractivity (Wildman–Crippen MR) is 231 cm³/mol. The van der Waals surface area contributed by atoms with Crippen LogP contribution < -0.4 is 26.2 Å². The van der Waals surface area contributed by atoms with E-state index < -0.39 is 0 Å². The number of fused-ring (bicyclic) bond motifs is 6. The van der Waals surface area contributed by atoms with Crippen molar-refractivity contribution in [3.8, 4) is 11.1 Å². The Morgan fingerprint density at radius 3 is 1.78 bits per heavy atom. The average Bonchev–Trinajstić information content (AvgIpc) is 3.23. The van der Waals surface area contributed by atoms with Crippen LogP contribution in [0.3, 0.4) is 0 Å². The number of para-hydroxylation sites is 2. The quantitative estimate of drug-likeness (QED) is 0.134. The van der Waals surface area contributed by atoms with Gasteiger partial charge in [-0.05, 0) is 135 Å². The highest BCUT2D eigenvalue weighted by Gasteiger charge is 2.43. The fourth-order valence-corrected chi connectivity index (χ4v) is 10.00. The van der Waals surface area contributed by atoms with Gasteiger partial charge in [0.2, 0.25) is 0 Å². The Morgan fingerprint density at radius 2 is 1.07 bits per heavy atom. The van der Waals surface area contributed by atoms with Gasteiger partial charge in [-0.3, -0.25) is 0 Å². The minimum absolute atomic E-state index is 0.138. The van der Waals surface area contributed by atoms with Crippen LogP contribution in [-0.4, -0.2) is 6.71 Å². The fraction of sp³-hybridized carbons (Fsp3) is 0.137. The van der Waals surface area contributed by atoms with Gasteiger partial charge in [0.1, 0.15) is 0 Å². The van der Waals surface area contributed by atoms with Crippen LogP contribution in [0.2, 0.25) is 0 Å². The van der Waals surface area contributed by atoms with Gasteiger partial charge < -0.3 is 9.80 Å². The lowest BCUT2D eigenvalue weighted by atomic mass is 9.33. The van der Waals surface area contributed by atoms with E-state index in [2.05, 4.69) is 181 Å². The van der Waals surface area contributed by atoms with Crippen molar-refractivity contribution < 1.29 is 0 Å². The van der Waals surface area contributed by atoms with Crippen LogP contribution in [0, 0.1) is 6.92 Å². The van der Waals surface area contributed by atoms with Crippen LogP contribution in [-0.2, 0) is 0 Å². The number of rotatable bonds is 4. The Kier molecular flexibility index (Phi) is 7.30. The number of hydrogen-bond acceptors (Lipinski definition) is 2. The summed E-state index contributed by atoms with van der Waals surface area (Å²) < 4.78 is 0. The summed E-state index contributed by atoms with van der Waals surface area (Å²) in [6.45, 7) is 2.37. The number of aryl methyl sites for hydroxylation is 1. The monoisotopic (exact) mass is 692 g/mol. The first-order valence-corrected chi connectivity index (χ1v) is 19.7. The molecule has 258 valence electrons. The molecule has 3 heteroatoms. The SMILES string of the molecule is Cc1ccc2c(c1)B1c3ccccc3N(c3ccc(-c4c5ccccc5cc5ccccc45)cc3)c3cc(C4CCCCC4)cc(c31)N2c1ccccc1. The summed E-state index contributed by atoms with van der Waals surface area (Å²) in [5.74, 6) is 0.567. The summed E-state index contributed by atoms with van der Waals surface area (Å²) in [5.41, 5.74) is 17.0. The van der Waals surface area contributed by atoms with Crippen molar-refractivity contribution in [3.05, 3.63) is 175 Å². The number of nitrogens with zero attached hydrogens (tertiary/aromatic N) is 2. The first-order valence-electron chi connectivity index (χ1n) is 19.7. The summed E-state index contributed by atoms with van der Waals surface area (Å²) in [5, 5.41) is 5.13. The van der Waals surface area contributed by atoms with E-state index in [0.717, 1.165) is 0 Å². The highest BCUT2D eigenvalue weighted by molar-refractivity contribution is 7.00. The summed E-state index contributed by atoms with van der Waals surface area (Å²) in [6.07, 6.45) is 6.47. The Hall–Kier alpha value is -6.06. The van der Waals surface area contributed by atoms with Crippen molar-refractivity contribution in [2.45, 2.75) is 44.9 Å². The lowest BCUT2D eigenvalue weighted by Gasteiger charge is -2.45. The van der Waals surface area contributed by atoms with E-state index in [1.165, 1.54) is 126 Å². The van der Waals surface area contributed by atoms with Gasteiger partial charge in [-0.2, -0.15) is 0 Å². The summed E-state index contributed by atoms with van der Waals surface area (Å²) in [4.78, 5) is 5.13. The number of benzene rings is 8. The molecule has 1 fully saturated rings. The molecule has 1 saturated carbocycles. The molecule has 2 aliphatic heterocycles. The minimum atomic E-state index is 0.138. The third kappa shape index (κ3) is 4.88. The second-order valence-electron chi connectivity index (χ2n) is 15.6. The Morgan fingerprint density at radius 1 is 0.481 bits per heavy atom. The zero-order valence-corrected chi connectivity index (χ0v) is 30.7. The normalized spacial score (nSPS) is 14.9. The minimum Gasteiger partial charge on any atom is -0.311 e. The van der Waals surface area contributed by atoms with Gasteiger partial charge in [-0.25, -0.2) is 0 Å². The van der Waals surface area contributed by atoms with Crippen molar-refractivity contribution in [3.63, 3.8) is 0 Å². The third-order valence-electron chi connectivity index (χ3n) is 12.4. The van der Waals surface area contributed by atoms with Crippen molar-refractivity contribution in [2.24, 2.45) is 0 Å². The van der Waals surface area contributed by atoms with Gasteiger partial charge in [-0.15, -0.1) is 0 Å². The van der Waals surface area contributed by atoms with E-state index in [1.807, 2.05) is 0 Å². The van der Waals surface area contributed by atoms with Gasteiger partial charge in [0, 0.05) is 34.1 Å². The summed E-state index contributed by atoms with van der Waals surface area (Å²) in [6, 6.07) is 61.8. The molecule has 0 unspecified atom stereocenters. The molecular weight excluding hydrogens is 651 g/mol. The molecule has 8 aromatic carbocycles. The highest BCUT2D eigenvalue weighted by Crippen LogP contribution is 2.47. The first-order chi connectivity index (χ1) is 26.7. The van der Waals surface area contributed by atoms with Gasteiger partial charge in [-0.1, -0.05) is 134 Å². The van der Waals surface area contributed by atoms with Crippen molar-refractivity contribution in [1.82, 2.24) is 0 Å². The Labute approximate surface area is 318 Å². The van der Waals surface area contributed by atoms with E-state index in [9.17, 15) is 0 Å². The van der Waals surface area contributed by atoms with Crippen molar-refractivity contribution in [2.75, 3.05) is 9.80 Å².